The topological polar surface area (TPSA) is 49.4 Å². The highest BCUT2D eigenvalue weighted by Crippen LogP contribution is 2.13. The van der Waals surface area contributed by atoms with Gasteiger partial charge in [-0.25, -0.2) is 0 Å². The Bertz CT molecular complexity index is 453. The van der Waals surface area contributed by atoms with E-state index in [4.69, 9.17) is 0 Å². The molecule has 1 atom stereocenters. The summed E-state index contributed by atoms with van der Waals surface area (Å²) in [5.41, 5.74) is 2.33. The van der Waals surface area contributed by atoms with Crippen LogP contribution in [0.15, 0.2) is 24.3 Å². The summed E-state index contributed by atoms with van der Waals surface area (Å²) >= 11 is 0. The Morgan fingerprint density at radius 1 is 1.28 bits per heavy atom. The molecular weight excluding hydrogens is 228 g/mol. The molecule has 2 amide bonds. The minimum Gasteiger partial charge on any atom is -0.301 e. The van der Waals surface area contributed by atoms with Gasteiger partial charge in [0.1, 0.15) is 0 Å². The Morgan fingerprint density at radius 3 is 2.50 bits per heavy atom. The van der Waals surface area contributed by atoms with Crippen molar-refractivity contribution in [2.75, 3.05) is 6.54 Å². The summed E-state index contributed by atoms with van der Waals surface area (Å²) in [5, 5.41) is 3.15. The van der Waals surface area contributed by atoms with E-state index < -0.39 is 0 Å². The number of likely N-dealkylation sites (N-methyl/N-ethyl adjacent to an activating group) is 1. The van der Waals surface area contributed by atoms with Crippen molar-refractivity contribution < 1.29 is 9.59 Å². The molecule has 1 aliphatic rings. The number of benzene rings is 1. The molecule has 0 aliphatic carbocycles. The maximum atomic E-state index is 11.9. The van der Waals surface area contributed by atoms with E-state index in [9.17, 15) is 9.59 Å². The smallest absolute Gasteiger partial charge is 0.246 e. The highest BCUT2D eigenvalue weighted by molar-refractivity contribution is 6.05. The third-order valence-corrected chi connectivity index (χ3v) is 3.23. The number of carbonyl (C=O) groups is 2. The maximum absolute atomic E-state index is 11.9. The molecule has 0 aromatic heterocycles. The number of amides is 2. The SMILES string of the molecule is CCN1C(=O)CC(NCc2ccc(C)cc2)C1=O. The van der Waals surface area contributed by atoms with Crippen molar-refractivity contribution >= 4 is 11.8 Å². The molecule has 1 fully saturated rings. The van der Waals surface area contributed by atoms with E-state index >= 15 is 0 Å². The average molecular weight is 246 g/mol. The Labute approximate surface area is 107 Å². The number of carbonyl (C=O) groups excluding carboxylic acids is 2. The lowest BCUT2D eigenvalue weighted by molar-refractivity contribution is -0.138. The van der Waals surface area contributed by atoms with E-state index in [1.807, 2.05) is 38.1 Å². The molecule has 96 valence electrons. The van der Waals surface area contributed by atoms with E-state index in [-0.39, 0.29) is 24.3 Å². The standard InChI is InChI=1S/C14H18N2O2/c1-3-16-13(17)8-12(14(16)18)15-9-11-6-4-10(2)5-7-11/h4-7,12,15H,3,8-9H2,1-2H3. The molecule has 0 spiro atoms. The van der Waals surface area contributed by atoms with Crippen molar-refractivity contribution in [1.29, 1.82) is 0 Å². The molecule has 18 heavy (non-hydrogen) atoms. The summed E-state index contributed by atoms with van der Waals surface area (Å²) in [6.45, 7) is 4.93. The Kier molecular flexibility index (Phi) is 3.77. The highest BCUT2D eigenvalue weighted by atomic mass is 16.2. The number of nitrogens with one attached hydrogen (secondary N) is 1. The molecule has 1 unspecified atom stereocenters. The van der Waals surface area contributed by atoms with Crippen molar-refractivity contribution in [1.82, 2.24) is 10.2 Å². The van der Waals surface area contributed by atoms with E-state index in [1.165, 1.54) is 10.5 Å². The van der Waals surface area contributed by atoms with Crippen LogP contribution in [-0.4, -0.2) is 29.3 Å². The molecule has 0 bridgehead atoms. The van der Waals surface area contributed by atoms with Gasteiger partial charge in [0.05, 0.1) is 12.5 Å². The van der Waals surface area contributed by atoms with Crippen LogP contribution in [0.3, 0.4) is 0 Å². The third kappa shape index (κ3) is 2.59. The molecule has 1 heterocycles. The summed E-state index contributed by atoms with van der Waals surface area (Å²) in [5.74, 6) is -0.182. The highest BCUT2D eigenvalue weighted by Gasteiger charge is 2.36. The van der Waals surface area contributed by atoms with Gasteiger partial charge in [-0.15, -0.1) is 0 Å². The van der Waals surface area contributed by atoms with Gasteiger partial charge in [0.25, 0.3) is 0 Å². The minimum absolute atomic E-state index is 0.0797. The lowest BCUT2D eigenvalue weighted by Gasteiger charge is -2.13. The van der Waals surface area contributed by atoms with Gasteiger partial charge in [-0.1, -0.05) is 29.8 Å². The second-order valence-electron chi connectivity index (χ2n) is 4.60. The number of imide groups is 1. The van der Waals surface area contributed by atoms with Crippen LogP contribution in [0.5, 0.6) is 0 Å². The van der Waals surface area contributed by atoms with Crippen LogP contribution in [0.2, 0.25) is 0 Å². The Morgan fingerprint density at radius 2 is 1.94 bits per heavy atom. The molecule has 1 saturated heterocycles. The van der Waals surface area contributed by atoms with Crippen LogP contribution < -0.4 is 5.32 Å². The van der Waals surface area contributed by atoms with Gasteiger partial charge in [0.2, 0.25) is 11.8 Å². The van der Waals surface area contributed by atoms with Crippen LogP contribution in [0, 0.1) is 6.92 Å². The lowest BCUT2D eigenvalue weighted by Crippen LogP contribution is -2.38. The van der Waals surface area contributed by atoms with Gasteiger partial charge in [-0.2, -0.15) is 0 Å². The fourth-order valence-electron chi connectivity index (χ4n) is 2.12. The zero-order valence-electron chi connectivity index (χ0n) is 10.8. The summed E-state index contributed by atoms with van der Waals surface area (Å²) in [4.78, 5) is 24.7. The van der Waals surface area contributed by atoms with Crippen LogP contribution in [0.1, 0.15) is 24.5 Å². The Balaban J connectivity index is 1.93. The zero-order valence-corrected chi connectivity index (χ0v) is 10.8. The molecule has 1 aromatic carbocycles. The Hall–Kier alpha value is -1.68. The molecule has 4 nitrogen and oxygen atoms in total. The number of likely N-dealkylation sites (tertiary alicyclic amines) is 1. The van der Waals surface area contributed by atoms with Gasteiger partial charge < -0.3 is 5.32 Å². The van der Waals surface area contributed by atoms with Gasteiger partial charge in [-0.05, 0) is 19.4 Å². The van der Waals surface area contributed by atoms with E-state index in [0.29, 0.717) is 13.1 Å². The monoisotopic (exact) mass is 246 g/mol. The minimum atomic E-state index is -0.362. The second-order valence-corrected chi connectivity index (χ2v) is 4.60. The lowest BCUT2D eigenvalue weighted by atomic mass is 10.1. The maximum Gasteiger partial charge on any atom is 0.246 e. The fraction of sp³-hybridized carbons (Fsp3) is 0.429. The number of hydrogen-bond acceptors (Lipinski definition) is 3. The molecule has 2 rings (SSSR count). The molecule has 1 aliphatic heterocycles. The van der Waals surface area contributed by atoms with Crippen molar-refractivity contribution in [3.63, 3.8) is 0 Å². The van der Waals surface area contributed by atoms with Gasteiger partial charge in [0.15, 0.2) is 0 Å². The van der Waals surface area contributed by atoms with Crippen LogP contribution in [0.4, 0.5) is 0 Å². The van der Waals surface area contributed by atoms with E-state index in [0.717, 1.165) is 5.56 Å². The second kappa shape index (κ2) is 5.31. The third-order valence-electron chi connectivity index (χ3n) is 3.23. The molecule has 1 N–H and O–H groups in total. The first kappa shape index (κ1) is 12.8. The van der Waals surface area contributed by atoms with E-state index in [1.54, 1.807) is 0 Å². The van der Waals surface area contributed by atoms with Gasteiger partial charge >= 0.3 is 0 Å². The molecule has 0 radical (unpaired) electrons. The number of rotatable bonds is 4. The first-order valence-electron chi connectivity index (χ1n) is 6.25. The largest absolute Gasteiger partial charge is 0.301 e. The van der Waals surface area contributed by atoms with Crippen molar-refractivity contribution in [3.8, 4) is 0 Å². The fourth-order valence-corrected chi connectivity index (χ4v) is 2.12. The molecule has 0 saturated carbocycles. The van der Waals surface area contributed by atoms with Crippen LogP contribution in [-0.2, 0) is 16.1 Å². The summed E-state index contributed by atoms with van der Waals surface area (Å²) in [6.07, 6.45) is 0.276. The van der Waals surface area contributed by atoms with E-state index in [2.05, 4.69) is 5.32 Å². The number of hydrogen-bond donors (Lipinski definition) is 1. The van der Waals surface area contributed by atoms with Crippen molar-refractivity contribution in [3.05, 3.63) is 35.4 Å². The van der Waals surface area contributed by atoms with Crippen LogP contribution in [0.25, 0.3) is 0 Å². The van der Waals surface area contributed by atoms with Crippen molar-refractivity contribution in [2.24, 2.45) is 0 Å². The molecule has 4 heteroatoms. The van der Waals surface area contributed by atoms with Crippen LogP contribution >= 0.6 is 0 Å². The number of aryl methyl sites for hydroxylation is 1. The van der Waals surface area contributed by atoms with Crippen molar-refractivity contribution in [2.45, 2.75) is 32.9 Å². The summed E-state index contributed by atoms with van der Waals surface area (Å²) < 4.78 is 0. The summed E-state index contributed by atoms with van der Waals surface area (Å²) in [6, 6.07) is 7.77. The number of nitrogens with zero attached hydrogens (tertiary/aromatic N) is 1. The average Bonchev–Trinajstić information content (AvgIpc) is 2.63. The normalized spacial score (nSPS) is 19.7. The molecule has 1 aromatic rings. The zero-order chi connectivity index (χ0) is 13.1. The predicted octanol–water partition coefficient (Wildman–Crippen LogP) is 1.23. The summed E-state index contributed by atoms with van der Waals surface area (Å²) in [7, 11) is 0. The van der Waals surface area contributed by atoms with Gasteiger partial charge in [0, 0.05) is 13.1 Å². The first-order valence-corrected chi connectivity index (χ1v) is 6.25. The predicted molar refractivity (Wildman–Crippen MR) is 68.8 cm³/mol. The van der Waals surface area contributed by atoms with Gasteiger partial charge in [-0.3, -0.25) is 14.5 Å². The molecular formula is C14H18N2O2. The quantitative estimate of drug-likeness (QED) is 0.813. The first-order chi connectivity index (χ1) is 8.61.